The fourth-order valence-electron chi connectivity index (χ4n) is 2.37. The number of hydrogen-bond donors (Lipinski definition) is 1. The third-order valence-corrected chi connectivity index (χ3v) is 3.26. The Balaban J connectivity index is 2.14. The van der Waals surface area contributed by atoms with Gasteiger partial charge in [0, 0.05) is 25.4 Å². The monoisotopic (exact) mass is 231 g/mol. The molecule has 1 atom stereocenters. The largest absolute Gasteiger partial charge is 0.396 e. The third-order valence-electron chi connectivity index (χ3n) is 3.26. The summed E-state index contributed by atoms with van der Waals surface area (Å²) >= 11 is 0. The number of nitrogens with zero attached hydrogens (tertiary/aromatic N) is 3. The highest BCUT2D eigenvalue weighted by molar-refractivity contribution is 5.43. The Labute approximate surface area is 102 Å². The van der Waals surface area contributed by atoms with Gasteiger partial charge in [0.1, 0.15) is 11.9 Å². The van der Waals surface area contributed by atoms with E-state index in [1.807, 2.05) is 6.07 Å². The molecule has 17 heavy (non-hydrogen) atoms. The summed E-state index contributed by atoms with van der Waals surface area (Å²) in [5, 5.41) is 17.8. The first-order valence-corrected chi connectivity index (χ1v) is 6.09. The number of hydrogen-bond acceptors (Lipinski definition) is 4. The molecule has 1 aromatic rings. The summed E-state index contributed by atoms with van der Waals surface area (Å²) < 4.78 is 0. The van der Waals surface area contributed by atoms with Crippen LogP contribution in [0.15, 0.2) is 18.3 Å². The zero-order valence-corrected chi connectivity index (χ0v) is 9.84. The first kappa shape index (κ1) is 11.9. The molecule has 1 N–H and O–H groups in total. The molecule has 0 spiro atoms. The van der Waals surface area contributed by atoms with E-state index in [1.165, 1.54) is 12.8 Å². The first-order chi connectivity index (χ1) is 8.35. The Morgan fingerprint density at radius 3 is 3.00 bits per heavy atom. The van der Waals surface area contributed by atoms with Crippen molar-refractivity contribution in [1.29, 1.82) is 5.26 Å². The Bertz CT molecular complexity index is 394. The van der Waals surface area contributed by atoms with Crippen molar-refractivity contribution in [2.75, 3.05) is 18.1 Å². The van der Waals surface area contributed by atoms with Crippen LogP contribution >= 0.6 is 0 Å². The smallest absolute Gasteiger partial charge is 0.128 e. The number of nitriles is 1. The molecular formula is C13H17N3O. The predicted octanol–water partition coefficient (Wildman–Crippen LogP) is 1.69. The van der Waals surface area contributed by atoms with Gasteiger partial charge in [-0.05, 0) is 37.8 Å². The summed E-state index contributed by atoms with van der Waals surface area (Å²) in [6.07, 6.45) is 5.91. The van der Waals surface area contributed by atoms with Gasteiger partial charge >= 0.3 is 0 Å². The summed E-state index contributed by atoms with van der Waals surface area (Å²) in [5.74, 6) is 0.919. The zero-order valence-electron chi connectivity index (χ0n) is 9.84. The molecule has 0 aromatic carbocycles. The van der Waals surface area contributed by atoms with Gasteiger partial charge in [-0.15, -0.1) is 0 Å². The maximum atomic E-state index is 9.08. The molecule has 1 aliphatic heterocycles. The van der Waals surface area contributed by atoms with Gasteiger partial charge in [-0.1, -0.05) is 0 Å². The highest BCUT2D eigenvalue weighted by Gasteiger charge is 2.22. The van der Waals surface area contributed by atoms with Crippen LogP contribution in [-0.2, 0) is 0 Å². The topological polar surface area (TPSA) is 60.2 Å². The second-order valence-electron chi connectivity index (χ2n) is 4.37. The van der Waals surface area contributed by atoms with E-state index < -0.39 is 0 Å². The molecule has 2 heterocycles. The maximum absolute atomic E-state index is 9.08. The zero-order chi connectivity index (χ0) is 12.1. The van der Waals surface area contributed by atoms with Crippen molar-refractivity contribution in [2.45, 2.75) is 31.7 Å². The molecule has 90 valence electrons. The van der Waals surface area contributed by atoms with E-state index in [1.54, 1.807) is 12.3 Å². The van der Waals surface area contributed by atoms with Crippen LogP contribution in [0.2, 0.25) is 0 Å². The quantitative estimate of drug-likeness (QED) is 0.860. The molecule has 4 heteroatoms. The van der Waals surface area contributed by atoms with E-state index in [-0.39, 0.29) is 6.61 Å². The lowest BCUT2D eigenvalue weighted by Gasteiger charge is -2.36. The molecule has 2 rings (SSSR count). The van der Waals surface area contributed by atoms with Gasteiger partial charge in [0.2, 0.25) is 0 Å². The summed E-state index contributed by atoms with van der Waals surface area (Å²) in [5.41, 5.74) is 0.587. The van der Waals surface area contributed by atoms with Crippen LogP contribution in [-0.4, -0.2) is 29.3 Å². The lowest BCUT2D eigenvalue weighted by Crippen LogP contribution is -2.40. The van der Waals surface area contributed by atoms with Crippen molar-refractivity contribution in [2.24, 2.45) is 0 Å². The van der Waals surface area contributed by atoms with E-state index in [0.29, 0.717) is 11.6 Å². The van der Waals surface area contributed by atoms with Crippen LogP contribution in [0.5, 0.6) is 0 Å². The van der Waals surface area contributed by atoms with Crippen LogP contribution in [0.3, 0.4) is 0 Å². The fraction of sp³-hybridized carbons (Fsp3) is 0.538. The van der Waals surface area contributed by atoms with Gasteiger partial charge in [0.15, 0.2) is 0 Å². The van der Waals surface area contributed by atoms with Crippen LogP contribution in [0.25, 0.3) is 0 Å². The van der Waals surface area contributed by atoms with Gasteiger partial charge < -0.3 is 10.0 Å². The minimum absolute atomic E-state index is 0.220. The number of aliphatic hydroxyl groups is 1. The summed E-state index contributed by atoms with van der Waals surface area (Å²) in [6, 6.07) is 6.15. The molecule has 0 saturated carbocycles. The number of aromatic nitrogens is 1. The minimum atomic E-state index is 0.220. The second-order valence-corrected chi connectivity index (χ2v) is 4.37. The van der Waals surface area contributed by atoms with Gasteiger partial charge in [0.25, 0.3) is 0 Å². The van der Waals surface area contributed by atoms with Gasteiger partial charge in [-0.25, -0.2) is 4.98 Å². The standard InChI is InChI=1S/C13H17N3O/c14-9-11-4-5-13(15-10-11)16-7-2-1-3-12(16)6-8-17/h4-5,10,12,17H,1-3,6-8H2. The number of piperidine rings is 1. The van der Waals surface area contributed by atoms with Crippen molar-refractivity contribution in [3.63, 3.8) is 0 Å². The Kier molecular flexibility index (Phi) is 3.94. The summed E-state index contributed by atoms with van der Waals surface area (Å²) in [4.78, 5) is 6.58. The van der Waals surface area contributed by atoms with Crippen molar-refractivity contribution in [1.82, 2.24) is 4.98 Å². The summed E-state index contributed by atoms with van der Waals surface area (Å²) in [6.45, 7) is 1.21. The van der Waals surface area contributed by atoms with Crippen LogP contribution < -0.4 is 4.90 Å². The average molecular weight is 231 g/mol. The molecular weight excluding hydrogens is 214 g/mol. The third kappa shape index (κ3) is 2.75. The molecule has 1 saturated heterocycles. The van der Waals surface area contributed by atoms with E-state index in [0.717, 1.165) is 25.2 Å². The normalized spacial score (nSPS) is 20.0. The van der Waals surface area contributed by atoms with Gasteiger partial charge in [-0.3, -0.25) is 0 Å². The number of rotatable bonds is 3. The lowest BCUT2D eigenvalue weighted by atomic mass is 9.99. The molecule has 4 nitrogen and oxygen atoms in total. The van der Waals surface area contributed by atoms with Crippen molar-refractivity contribution in [3.8, 4) is 6.07 Å². The molecule has 0 bridgehead atoms. The van der Waals surface area contributed by atoms with Crippen molar-refractivity contribution >= 4 is 5.82 Å². The molecule has 1 aliphatic rings. The van der Waals surface area contributed by atoms with E-state index in [2.05, 4.69) is 16.0 Å². The fourth-order valence-corrected chi connectivity index (χ4v) is 2.37. The second kappa shape index (κ2) is 5.65. The number of aliphatic hydroxyl groups excluding tert-OH is 1. The average Bonchev–Trinajstić information content (AvgIpc) is 2.40. The minimum Gasteiger partial charge on any atom is -0.396 e. The highest BCUT2D eigenvalue weighted by Crippen LogP contribution is 2.24. The van der Waals surface area contributed by atoms with Crippen molar-refractivity contribution < 1.29 is 5.11 Å². The Morgan fingerprint density at radius 2 is 2.35 bits per heavy atom. The van der Waals surface area contributed by atoms with E-state index in [9.17, 15) is 0 Å². The molecule has 1 aromatic heterocycles. The van der Waals surface area contributed by atoms with Crippen LogP contribution in [0.4, 0.5) is 5.82 Å². The number of anilines is 1. The van der Waals surface area contributed by atoms with Gasteiger partial charge in [-0.2, -0.15) is 5.26 Å². The molecule has 0 radical (unpaired) electrons. The van der Waals surface area contributed by atoms with E-state index in [4.69, 9.17) is 10.4 Å². The molecule has 1 fully saturated rings. The van der Waals surface area contributed by atoms with Crippen LogP contribution in [0.1, 0.15) is 31.2 Å². The molecule has 0 amide bonds. The molecule has 1 unspecified atom stereocenters. The van der Waals surface area contributed by atoms with Crippen LogP contribution in [0, 0.1) is 11.3 Å². The number of pyridine rings is 1. The first-order valence-electron chi connectivity index (χ1n) is 6.09. The lowest BCUT2D eigenvalue weighted by molar-refractivity contribution is 0.262. The predicted molar refractivity (Wildman–Crippen MR) is 65.6 cm³/mol. The Hall–Kier alpha value is -1.60. The summed E-state index contributed by atoms with van der Waals surface area (Å²) in [7, 11) is 0. The van der Waals surface area contributed by atoms with Crippen molar-refractivity contribution in [3.05, 3.63) is 23.9 Å². The Morgan fingerprint density at radius 1 is 1.47 bits per heavy atom. The van der Waals surface area contributed by atoms with Gasteiger partial charge in [0.05, 0.1) is 5.56 Å². The molecule has 0 aliphatic carbocycles. The highest BCUT2D eigenvalue weighted by atomic mass is 16.3. The van der Waals surface area contributed by atoms with E-state index >= 15 is 0 Å². The SMILES string of the molecule is N#Cc1ccc(N2CCCCC2CCO)nc1. The maximum Gasteiger partial charge on any atom is 0.128 e.